The van der Waals surface area contributed by atoms with Crippen LogP contribution < -0.4 is 0 Å². The van der Waals surface area contributed by atoms with Gasteiger partial charge in [0.25, 0.3) is 0 Å². The van der Waals surface area contributed by atoms with Gasteiger partial charge in [-0.15, -0.1) is 16.7 Å². The molecule has 1 aromatic heterocycles. The van der Waals surface area contributed by atoms with Crippen LogP contribution in [0.4, 0.5) is 4.39 Å². The van der Waals surface area contributed by atoms with Gasteiger partial charge in [0.1, 0.15) is 5.82 Å². The van der Waals surface area contributed by atoms with Crippen LogP contribution in [0.1, 0.15) is 5.82 Å². The Morgan fingerprint density at radius 3 is 2.80 bits per heavy atom. The lowest BCUT2D eigenvalue weighted by molar-refractivity contribution is 0.624. The third-order valence-electron chi connectivity index (χ3n) is 1.75. The van der Waals surface area contributed by atoms with E-state index in [0.717, 1.165) is 0 Å². The van der Waals surface area contributed by atoms with Crippen molar-refractivity contribution in [1.29, 1.82) is 0 Å². The molecule has 0 amide bonds. The second-order valence-corrected chi connectivity index (χ2v) is 3.47. The molecule has 0 bridgehead atoms. The van der Waals surface area contributed by atoms with Crippen molar-refractivity contribution in [3.05, 3.63) is 34.9 Å². The van der Waals surface area contributed by atoms with Gasteiger partial charge in [0.05, 0.1) is 11.6 Å². The zero-order valence-corrected chi connectivity index (χ0v) is 8.87. The van der Waals surface area contributed by atoms with Crippen molar-refractivity contribution in [3.8, 4) is 5.69 Å². The average molecular weight is 247 g/mol. The summed E-state index contributed by atoms with van der Waals surface area (Å²) in [5.41, 5.74) is 0.445. The van der Waals surface area contributed by atoms with Gasteiger partial charge in [0.15, 0.2) is 5.82 Å². The van der Waals surface area contributed by atoms with Crippen molar-refractivity contribution >= 4 is 23.2 Å². The molecule has 0 aliphatic heterocycles. The van der Waals surface area contributed by atoms with Crippen LogP contribution in [0.25, 0.3) is 5.69 Å². The van der Waals surface area contributed by atoms with Crippen LogP contribution in [0.2, 0.25) is 5.02 Å². The lowest BCUT2D eigenvalue weighted by Gasteiger charge is -2.02. The minimum Gasteiger partial charge on any atom is -0.207 e. The predicted octanol–water partition coefficient (Wildman–Crippen LogP) is 2.19. The van der Waals surface area contributed by atoms with E-state index < -0.39 is 5.82 Å². The second-order valence-electron chi connectivity index (χ2n) is 2.77. The van der Waals surface area contributed by atoms with Crippen molar-refractivity contribution in [2.24, 2.45) is 0 Å². The van der Waals surface area contributed by atoms with Crippen LogP contribution in [0.5, 0.6) is 0 Å². The average Bonchev–Trinajstić information content (AvgIpc) is 2.63. The molecule has 7 heteroatoms. The number of rotatable bonds is 2. The summed E-state index contributed by atoms with van der Waals surface area (Å²) in [5, 5.41) is 11.1. The molecule has 0 radical (unpaired) electrons. The fraction of sp³-hybridized carbons (Fsp3) is 0.125. The highest BCUT2D eigenvalue weighted by molar-refractivity contribution is 6.30. The number of nitrogens with zero attached hydrogens (tertiary/aromatic N) is 4. The first-order valence-electron chi connectivity index (χ1n) is 4.00. The Morgan fingerprint density at radius 1 is 1.33 bits per heavy atom. The number of hydrogen-bond donors (Lipinski definition) is 0. The molecule has 15 heavy (non-hydrogen) atoms. The topological polar surface area (TPSA) is 43.6 Å². The number of hydrogen-bond acceptors (Lipinski definition) is 3. The van der Waals surface area contributed by atoms with Gasteiger partial charge in [-0.1, -0.05) is 11.6 Å². The predicted molar refractivity (Wildman–Crippen MR) is 53.7 cm³/mol. The smallest absolute Gasteiger partial charge is 0.171 e. The van der Waals surface area contributed by atoms with E-state index >= 15 is 0 Å². The molecule has 1 heterocycles. The Labute approximate surface area is 94.6 Å². The second kappa shape index (κ2) is 4.12. The Bertz CT molecular complexity index is 465. The largest absolute Gasteiger partial charge is 0.207 e. The maximum absolute atomic E-state index is 13.1. The number of tetrazole rings is 1. The van der Waals surface area contributed by atoms with E-state index in [4.69, 9.17) is 23.2 Å². The van der Waals surface area contributed by atoms with E-state index in [9.17, 15) is 4.39 Å². The number of aromatic nitrogens is 4. The molecule has 78 valence electrons. The normalized spacial score (nSPS) is 10.6. The van der Waals surface area contributed by atoms with Crippen molar-refractivity contribution in [2.75, 3.05) is 0 Å². The fourth-order valence-corrected chi connectivity index (χ4v) is 1.53. The van der Waals surface area contributed by atoms with Crippen LogP contribution >= 0.6 is 23.2 Å². The highest BCUT2D eigenvalue weighted by Crippen LogP contribution is 2.17. The molecular formula is C8H5Cl2FN4. The molecule has 0 atom stereocenters. The first-order chi connectivity index (χ1) is 7.20. The van der Waals surface area contributed by atoms with Crippen LogP contribution in [0.3, 0.4) is 0 Å². The quantitative estimate of drug-likeness (QED) is 0.764. The summed E-state index contributed by atoms with van der Waals surface area (Å²) >= 11 is 11.3. The van der Waals surface area contributed by atoms with Crippen LogP contribution in [-0.2, 0) is 5.88 Å². The molecule has 0 spiro atoms. The molecule has 0 fully saturated rings. The highest BCUT2D eigenvalue weighted by atomic mass is 35.5. The maximum Gasteiger partial charge on any atom is 0.171 e. The Balaban J connectivity index is 2.53. The monoisotopic (exact) mass is 246 g/mol. The van der Waals surface area contributed by atoms with Crippen LogP contribution in [0.15, 0.2) is 18.2 Å². The van der Waals surface area contributed by atoms with Gasteiger partial charge in [0.2, 0.25) is 0 Å². The van der Waals surface area contributed by atoms with E-state index in [1.165, 1.54) is 16.8 Å². The zero-order valence-electron chi connectivity index (χ0n) is 7.36. The summed E-state index contributed by atoms with van der Waals surface area (Å²) in [6, 6.07) is 4.03. The molecule has 0 unspecified atom stereocenters. The van der Waals surface area contributed by atoms with E-state index in [2.05, 4.69) is 15.5 Å². The van der Waals surface area contributed by atoms with Crippen LogP contribution in [0, 0.1) is 5.82 Å². The van der Waals surface area contributed by atoms with E-state index in [0.29, 0.717) is 11.5 Å². The Hall–Kier alpha value is -1.20. The van der Waals surface area contributed by atoms with Crippen molar-refractivity contribution < 1.29 is 4.39 Å². The van der Waals surface area contributed by atoms with Crippen molar-refractivity contribution in [2.45, 2.75) is 5.88 Å². The minimum atomic E-state index is -0.450. The zero-order chi connectivity index (χ0) is 10.8. The van der Waals surface area contributed by atoms with Gasteiger partial charge >= 0.3 is 0 Å². The van der Waals surface area contributed by atoms with Crippen molar-refractivity contribution in [1.82, 2.24) is 20.2 Å². The van der Waals surface area contributed by atoms with Crippen LogP contribution in [-0.4, -0.2) is 20.2 Å². The summed E-state index contributed by atoms with van der Waals surface area (Å²) < 4.78 is 14.4. The Kier molecular flexibility index (Phi) is 2.83. The van der Waals surface area contributed by atoms with Gasteiger partial charge in [-0.3, -0.25) is 0 Å². The third-order valence-corrected chi connectivity index (χ3v) is 2.20. The maximum atomic E-state index is 13.1. The van der Waals surface area contributed by atoms with E-state index in [-0.39, 0.29) is 10.9 Å². The Morgan fingerprint density at radius 2 is 2.13 bits per heavy atom. The third kappa shape index (κ3) is 2.08. The molecule has 0 saturated carbocycles. The fourth-order valence-electron chi connectivity index (χ4n) is 1.15. The van der Waals surface area contributed by atoms with Gasteiger partial charge in [-0.25, -0.2) is 4.39 Å². The molecule has 0 aliphatic carbocycles. The van der Waals surface area contributed by atoms with E-state index in [1.54, 1.807) is 6.07 Å². The standard InChI is InChI=1S/C8H5Cl2FN4/c9-4-8-12-13-14-15(8)7-2-5(10)1-6(11)3-7/h1-3H,4H2. The number of halogens is 3. The first-order valence-corrected chi connectivity index (χ1v) is 4.91. The van der Waals surface area contributed by atoms with Gasteiger partial charge in [-0.05, 0) is 28.6 Å². The lowest BCUT2D eigenvalue weighted by Crippen LogP contribution is -2.01. The number of alkyl halides is 1. The summed E-state index contributed by atoms with van der Waals surface area (Å²) in [5.74, 6) is 0.119. The summed E-state index contributed by atoms with van der Waals surface area (Å²) in [6.45, 7) is 0. The molecule has 2 rings (SSSR count). The SMILES string of the molecule is Fc1cc(Cl)cc(-n2nnnc2CCl)c1. The van der Waals surface area contributed by atoms with Crippen molar-refractivity contribution in [3.63, 3.8) is 0 Å². The van der Waals surface area contributed by atoms with E-state index in [1.807, 2.05) is 0 Å². The number of benzene rings is 1. The summed E-state index contributed by atoms with van der Waals surface area (Å²) in [4.78, 5) is 0. The molecule has 0 saturated heterocycles. The molecule has 4 nitrogen and oxygen atoms in total. The molecule has 2 aromatic rings. The molecular weight excluding hydrogens is 242 g/mol. The summed E-state index contributed by atoms with van der Waals surface area (Å²) in [7, 11) is 0. The van der Waals surface area contributed by atoms with Gasteiger partial charge in [0, 0.05) is 5.02 Å². The minimum absolute atomic E-state index is 0.140. The molecule has 0 aliphatic rings. The lowest BCUT2D eigenvalue weighted by atomic mass is 10.3. The first kappa shape index (κ1) is 10.3. The molecule has 0 N–H and O–H groups in total. The molecule has 1 aromatic carbocycles. The van der Waals surface area contributed by atoms with Gasteiger partial charge < -0.3 is 0 Å². The highest BCUT2D eigenvalue weighted by Gasteiger charge is 2.08. The van der Waals surface area contributed by atoms with Gasteiger partial charge in [-0.2, -0.15) is 4.68 Å². The summed E-state index contributed by atoms with van der Waals surface area (Å²) in [6.07, 6.45) is 0.